The predicted octanol–water partition coefficient (Wildman–Crippen LogP) is 3.53. The molecule has 3 N–H and O–H groups in total. The number of benzene rings is 2. The Balaban J connectivity index is 2.13. The summed E-state index contributed by atoms with van der Waals surface area (Å²) in [6.45, 7) is 0.251. The van der Waals surface area contributed by atoms with Crippen LogP contribution < -0.4 is 20.5 Å². The summed E-state index contributed by atoms with van der Waals surface area (Å²) in [5, 5.41) is 2.95. The van der Waals surface area contributed by atoms with Crippen LogP contribution >= 0.6 is 15.9 Å². The van der Waals surface area contributed by atoms with Crippen molar-refractivity contribution < 1.29 is 13.9 Å². The Morgan fingerprint density at radius 2 is 2.00 bits per heavy atom. The third-order valence-corrected chi connectivity index (χ3v) is 3.48. The minimum absolute atomic E-state index is 0.192. The van der Waals surface area contributed by atoms with Gasteiger partial charge in [-0.25, -0.2) is 9.38 Å². The fraction of sp³-hybridized carbons (Fsp3) is 0.188. The molecule has 2 aromatic rings. The molecule has 0 unspecified atom stereocenters. The van der Waals surface area contributed by atoms with Crippen molar-refractivity contribution >= 4 is 27.6 Å². The van der Waals surface area contributed by atoms with Crippen LogP contribution in [0.5, 0.6) is 11.5 Å². The van der Waals surface area contributed by atoms with E-state index in [1.807, 2.05) is 0 Å². The molecule has 2 rings (SSSR count). The smallest absolute Gasteiger partial charge is 0.193 e. The minimum atomic E-state index is -0.328. The number of rotatable bonds is 5. The van der Waals surface area contributed by atoms with Crippen molar-refractivity contribution in [3.8, 4) is 11.5 Å². The van der Waals surface area contributed by atoms with Crippen molar-refractivity contribution in [2.24, 2.45) is 10.7 Å². The third kappa shape index (κ3) is 4.85. The second-order valence-corrected chi connectivity index (χ2v) is 5.59. The zero-order chi connectivity index (χ0) is 16.8. The summed E-state index contributed by atoms with van der Waals surface area (Å²) < 4.78 is 24.4. The van der Waals surface area contributed by atoms with Crippen LogP contribution in [-0.2, 0) is 6.54 Å². The summed E-state index contributed by atoms with van der Waals surface area (Å²) in [5.41, 5.74) is 7.22. The summed E-state index contributed by atoms with van der Waals surface area (Å²) in [6.07, 6.45) is 0. The van der Waals surface area contributed by atoms with Crippen molar-refractivity contribution in [1.29, 1.82) is 0 Å². The number of hydrogen-bond acceptors (Lipinski definition) is 3. The first-order chi connectivity index (χ1) is 11.0. The lowest BCUT2D eigenvalue weighted by Gasteiger charge is -2.12. The molecule has 0 aliphatic heterocycles. The van der Waals surface area contributed by atoms with Crippen LogP contribution in [0.1, 0.15) is 5.56 Å². The number of halogens is 2. The SMILES string of the molecule is COc1ccc(OC)c(NC(N)=NCc2cc(F)cc(Br)c2)c1. The highest BCUT2D eigenvalue weighted by molar-refractivity contribution is 9.10. The number of methoxy groups -OCH3 is 2. The first kappa shape index (κ1) is 17.1. The molecule has 0 fully saturated rings. The summed E-state index contributed by atoms with van der Waals surface area (Å²) in [6, 6.07) is 9.87. The van der Waals surface area contributed by atoms with Crippen LogP contribution in [0.25, 0.3) is 0 Å². The molecule has 122 valence electrons. The molecule has 0 aliphatic rings. The van der Waals surface area contributed by atoms with Crippen LogP contribution in [0, 0.1) is 5.82 Å². The van der Waals surface area contributed by atoms with Gasteiger partial charge < -0.3 is 20.5 Å². The van der Waals surface area contributed by atoms with Crippen LogP contribution in [0.4, 0.5) is 10.1 Å². The van der Waals surface area contributed by atoms with Gasteiger partial charge in [-0.1, -0.05) is 15.9 Å². The Morgan fingerprint density at radius 3 is 2.65 bits per heavy atom. The van der Waals surface area contributed by atoms with Crippen LogP contribution in [-0.4, -0.2) is 20.2 Å². The maximum atomic E-state index is 13.3. The topological polar surface area (TPSA) is 68.9 Å². The van der Waals surface area contributed by atoms with Gasteiger partial charge >= 0.3 is 0 Å². The maximum absolute atomic E-state index is 13.3. The molecule has 0 radical (unpaired) electrons. The molecule has 23 heavy (non-hydrogen) atoms. The number of ether oxygens (including phenoxy) is 2. The zero-order valence-corrected chi connectivity index (χ0v) is 14.4. The van der Waals surface area contributed by atoms with Gasteiger partial charge in [0.25, 0.3) is 0 Å². The Bertz CT molecular complexity index is 702. The molecule has 2 aromatic carbocycles. The molecular weight excluding hydrogens is 365 g/mol. The molecule has 0 saturated carbocycles. The number of aliphatic imine (C=N–C) groups is 1. The third-order valence-electron chi connectivity index (χ3n) is 3.02. The van der Waals surface area contributed by atoms with Gasteiger partial charge in [0.15, 0.2) is 5.96 Å². The van der Waals surface area contributed by atoms with Gasteiger partial charge in [0.2, 0.25) is 0 Å². The first-order valence-electron chi connectivity index (χ1n) is 6.75. The molecule has 0 aliphatic carbocycles. The Labute approximate surface area is 142 Å². The number of nitrogens with zero attached hydrogens (tertiary/aromatic N) is 1. The fourth-order valence-corrected chi connectivity index (χ4v) is 2.48. The van der Waals surface area contributed by atoms with E-state index in [9.17, 15) is 4.39 Å². The van der Waals surface area contributed by atoms with E-state index >= 15 is 0 Å². The number of nitrogens with one attached hydrogen (secondary N) is 1. The van der Waals surface area contributed by atoms with Gasteiger partial charge in [-0.05, 0) is 35.9 Å². The van der Waals surface area contributed by atoms with Crippen molar-refractivity contribution in [2.75, 3.05) is 19.5 Å². The average Bonchev–Trinajstić information content (AvgIpc) is 2.52. The van der Waals surface area contributed by atoms with E-state index in [1.54, 1.807) is 38.5 Å². The van der Waals surface area contributed by atoms with Gasteiger partial charge in [-0.3, -0.25) is 0 Å². The lowest BCUT2D eigenvalue weighted by Crippen LogP contribution is -2.23. The van der Waals surface area contributed by atoms with Gasteiger partial charge in [0.1, 0.15) is 17.3 Å². The lowest BCUT2D eigenvalue weighted by molar-refractivity contribution is 0.405. The van der Waals surface area contributed by atoms with E-state index in [0.717, 1.165) is 0 Å². The Morgan fingerprint density at radius 1 is 1.22 bits per heavy atom. The van der Waals surface area contributed by atoms with Crippen LogP contribution in [0.15, 0.2) is 45.9 Å². The predicted molar refractivity (Wildman–Crippen MR) is 92.6 cm³/mol. The molecule has 0 amide bonds. The lowest BCUT2D eigenvalue weighted by atomic mass is 10.2. The minimum Gasteiger partial charge on any atom is -0.497 e. The van der Waals surface area contributed by atoms with Crippen molar-refractivity contribution in [2.45, 2.75) is 6.54 Å². The molecule has 0 saturated heterocycles. The summed E-state index contributed by atoms with van der Waals surface area (Å²) in [4.78, 5) is 4.20. The summed E-state index contributed by atoms with van der Waals surface area (Å²) >= 11 is 3.24. The molecular formula is C16H17BrFN3O2. The van der Waals surface area contributed by atoms with Crippen molar-refractivity contribution in [1.82, 2.24) is 0 Å². The van der Waals surface area contributed by atoms with Crippen LogP contribution in [0.2, 0.25) is 0 Å². The van der Waals surface area contributed by atoms with Gasteiger partial charge in [-0.15, -0.1) is 0 Å². The second-order valence-electron chi connectivity index (χ2n) is 4.67. The molecule has 7 heteroatoms. The van der Waals surface area contributed by atoms with Crippen molar-refractivity contribution in [3.05, 3.63) is 52.3 Å². The van der Waals surface area contributed by atoms with E-state index in [-0.39, 0.29) is 18.3 Å². The molecule has 5 nitrogen and oxygen atoms in total. The van der Waals surface area contributed by atoms with Crippen molar-refractivity contribution in [3.63, 3.8) is 0 Å². The van der Waals surface area contributed by atoms with E-state index in [0.29, 0.717) is 27.2 Å². The number of hydrogen-bond donors (Lipinski definition) is 2. The van der Waals surface area contributed by atoms with Crippen LogP contribution in [0.3, 0.4) is 0 Å². The second kappa shape index (κ2) is 7.82. The molecule has 0 aromatic heterocycles. The highest BCUT2D eigenvalue weighted by atomic mass is 79.9. The van der Waals surface area contributed by atoms with Gasteiger partial charge in [0.05, 0.1) is 26.5 Å². The standard InChI is InChI=1S/C16H17BrFN3O2/c1-22-13-3-4-15(23-2)14(8-13)21-16(19)20-9-10-5-11(17)7-12(18)6-10/h3-8H,9H2,1-2H3,(H3,19,20,21). The quantitative estimate of drug-likeness (QED) is 0.613. The molecule has 0 atom stereocenters. The zero-order valence-electron chi connectivity index (χ0n) is 12.8. The number of guanidine groups is 1. The van der Waals surface area contributed by atoms with E-state index in [2.05, 4.69) is 26.2 Å². The van der Waals surface area contributed by atoms with Gasteiger partial charge in [0, 0.05) is 10.5 Å². The maximum Gasteiger partial charge on any atom is 0.193 e. The van der Waals surface area contributed by atoms with Gasteiger partial charge in [-0.2, -0.15) is 0 Å². The Kier molecular flexibility index (Phi) is 5.81. The van der Waals surface area contributed by atoms with E-state index in [4.69, 9.17) is 15.2 Å². The molecule has 0 bridgehead atoms. The average molecular weight is 382 g/mol. The van der Waals surface area contributed by atoms with E-state index < -0.39 is 0 Å². The number of anilines is 1. The summed E-state index contributed by atoms with van der Waals surface area (Å²) in [5.74, 6) is 1.13. The molecule has 0 spiro atoms. The highest BCUT2D eigenvalue weighted by Crippen LogP contribution is 2.28. The van der Waals surface area contributed by atoms with E-state index in [1.165, 1.54) is 12.1 Å². The fourth-order valence-electron chi connectivity index (χ4n) is 1.97. The monoisotopic (exact) mass is 381 g/mol. The highest BCUT2D eigenvalue weighted by Gasteiger charge is 2.06. The largest absolute Gasteiger partial charge is 0.497 e. The number of nitrogens with two attached hydrogens (primary N) is 1. The normalized spacial score (nSPS) is 11.2. The Hall–Kier alpha value is -2.28. The first-order valence-corrected chi connectivity index (χ1v) is 7.55. The summed E-state index contributed by atoms with van der Waals surface area (Å²) in [7, 11) is 3.13. The molecule has 0 heterocycles.